The zero-order chi connectivity index (χ0) is 28.5. The van der Waals surface area contributed by atoms with Crippen molar-refractivity contribution in [2.45, 2.75) is 57.3 Å². The summed E-state index contributed by atoms with van der Waals surface area (Å²) < 4.78 is 3.30. The van der Waals surface area contributed by atoms with Gasteiger partial charge in [0.1, 0.15) is 11.0 Å². The summed E-state index contributed by atoms with van der Waals surface area (Å²) in [6, 6.07) is 8.74. The van der Waals surface area contributed by atoms with Crippen molar-refractivity contribution in [3.63, 3.8) is 0 Å². The van der Waals surface area contributed by atoms with E-state index in [-0.39, 0.29) is 12.1 Å². The predicted molar refractivity (Wildman–Crippen MR) is 159 cm³/mol. The molecule has 0 fully saturated rings. The third-order valence-electron chi connectivity index (χ3n) is 9.12. The number of likely N-dealkylation sites (N-methyl/N-ethyl adjacent to an activating group) is 2. The molecular weight excluding hydrogens is 516 g/mol. The van der Waals surface area contributed by atoms with Gasteiger partial charge in [0.05, 0.1) is 12.2 Å². The summed E-state index contributed by atoms with van der Waals surface area (Å²) >= 11 is 0. The molecule has 0 bridgehead atoms. The number of rotatable bonds is 6. The molecule has 7 rings (SSSR count). The van der Waals surface area contributed by atoms with Crippen LogP contribution in [-0.2, 0) is 31.5 Å². The van der Waals surface area contributed by atoms with E-state index in [2.05, 4.69) is 52.9 Å². The van der Waals surface area contributed by atoms with Crippen LogP contribution in [0.4, 0.5) is 11.6 Å². The van der Waals surface area contributed by atoms with E-state index < -0.39 is 5.60 Å². The van der Waals surface area contributed by atoms with Gasteiger partial charge in [-0.1, -0.05) is 19.1 Å². The van der Waals surface area contributed by atoms with E-state index in [1.165, 1.54) is 16.7 Å². The fourth-order valence-corrected chi connectivity index (χ4v) is 6.91. The van der Waals surface area contributed by atoms with Crippen LogP contribution in [0, 0.1) is 0 Å². The molecule has 0 spiro atoms. The molecule has 10 heteroatoms. The highest BCUT2D eigenvalue weighted by atomic mass is 16.3. The van der Waals surface area contributed by atoms with Crippen molar-refractivity contribution in [1.29, 1.82) is 0 Å². The predicted octanol–water partition coefficient (Wildman–Crippen LogP) is 3.43. The van der Waals surface area contributed by atoms with Crippen LogP contribution in [0.1, 0.15) is 53.8 Å². The first-order valence-electron chi connectivity index (χ1n) is 14.4. The highest BCUT2D eigenvalue weighted by Gasteiger charge is 2.37. The van der Waals surface area contributed by atoms with Crippen LogP contribution in [0.3, 0.4) is 0 Å². The molecule has 212 valence electrons. The van der Waals surface area contributed by atoms with Crippen LogP contribution in [-0.4, -0.2) is 66.4 Å². The van der Waals surface area contributed by atoms with Crippen molar-refractivity contribution in [2.75, 3.05) is 32.5 Å². The molecular formula is C31H36N8O2. The lowest BCUT2D eigenvalue weighted by molar-refractivity contribution is 0.0306. The van der Waals surface area contributed by atoms with Gasteiger partial charge < -0.3 is 15.3 Å². The molecule has 2 unspecified atom stereocenters. The maximum Gasteiger partial charge on any atom is 0.278 e. The van der Waals surface area contributed by atoms with E-state index in [1.807, 2.05) is 19.1 Å². The number of anilines is 2. The molecule has 41 heavy (non-hydrogen) atoms. The normalized spacial score (nSPS) is 22.1. The number of hydrogen-bond acceptors (Lipinski definition) is 8. The Hall–Kier alpha value is -3.86. The van der Waals surface area contributed by atoms with Gasteiger partial charge in [-0.25, -0.2) is 19.3 Å². The standard InChI is InChI=1S/C31H36N8O2/c1-5-12-38-29(40)23-16-32-30(33-22-14-20-10-13-37(4)24-18-36(3)17-21(15-22)26(20)24)35-28(23)39(38)25-8-7-19-9-11-31(41,6-2)27(19)34-25/h5,7-8,14-16,24,41H,1,6,9-13,17-18H2,2-4H3,(H,32,33,35). The molecule has 0 saturated carbocycles. The number of allylic oxidation sites excluding steroid dienone is 1. The summed E-state index contributed by atoms with van der Waals surface area (Å²) in [5.74, 6) is 0.946. The van der Waals surface area contributed by atoms with Gasteiger partial charge in [-0.15, -0.1) is 6.58 Å². The first-order chi connectivity index (χ1) is 19.8. The third-order valence-corrected chi connectivity index (χ3v) is 9.12. The van der Waals surface area contributed by atoms with Gasteiger partial charge in [-0.3, -0.25) is 9.69 Å². The Labute approximate surface area is 238 Å². The van der Waals surface area contributed by atoms with Crippen LogP contribution in [0.2, 0.25) is 0 Å². The number of pyridine rings is 1. The van der Waals surface area contributed by atoms with Crippen LogP contribution in [0.25, 0.3) is 16.9 Å². The maximum atomic E-state index is 13.4. The van der Waals surface area contributed by atoms with Crippen molar-refractivity contribution in [2.24, 2.45) is 0 Å². The van der Waals surface area contributed by atoms with E-state index in [0.29, 0.717) is 47.4 Å². The first kappa shape index (κ1) is 26.1. The molecule has 0 amide bonds. The Bertz CT molecular complexity index is 1760. The minimum absolute atomic E-state index is 0.212. The van der Waals surface area contributed by atoms with Crippen molar-refractivity contribution in [3.05, 3.63) is 81.4 Å². The molecule has 3 aromatic heterocycles. The zero-order valence-corrected chi connectivity index (χ0v) is 23.9. The maximum absolute atomic E-state index is 13.4. The molecule has 2 atom stereocenters. The highest BCUT2D eigenvalue weighted by molar-refractivity contribution is 5.77. The smallest absolute Gasteiger partial charge is 0.278 e. The molecule has 1 aliphatic carbocycles. The van der Waals surface area contributed by atoms with E-state index in [9.17, 15) is 9.90 Å². The molecule has 2 N–H and O–H groups in total. The number of fused-ring (bicyclic) bond motifs is 2. The Morgan fingerprint density at radius 2 is 2.00 bits per heavy atom. The second-order valence-corrected chi connectivity index (χ2v) is 11.8. The third kappa shape index (κ3) is 4.12. The van der Waals surface area contributed by atoms with Gasteiger partial charge in [0.15, 0.2) is 11.5 Å². The summed E-state index contributed by atoms with van der Waals surface area (Å²) in [5, 5.41) is 15.0. The van der Waals surface area contributed by atoms with Gasteiger partial charge in [-0.05, 0) is 80.2 Å². The van der Waals surface area contributed by atoms with Crippen LogP contribution >= 0.6 is 0 Å². The van der Waals surface area contributed by atoms with E-state index in [4.69, 9.17) is 9.97 Å². The number of nitrogens with one attached hydrogen (secondary N) is 1. The van der Waals surface area contributed by atoms with E-state index in [1.54, 1.807) is 21.6 Å². The molecule has 0 radical (unpaired) electrons. The summed E-state index contributed by atoms with van der Waals surface area (Å²) in [5.41, 5.74) is 6.12. The minimum atomic E-state index is -0.964. The summed E-state index contributed by atoms with van der Waals surface area (Å²) in [6.07, 6.45) is 6.28. The minimum Gasteiger partial charge on any atom is -0.384 e. The lowest BCUT2D eigenvalue weighted by atomic mass is 9.85. The largest absolute Gasteiger partial charge is 0.384 e. The molecule has 1 aromatic carbocycles. The molecule has 10 nitrogen and oxygen atoms in total. The fraction of sp³-hybridized carbons (Fsp3) is 0.419. The van der Waals surface area contributed by atoms with Crippen molar-refractivity contribution < 1.29 is 5.11 Å². The van der Waals surface area contributed by atoms with Gasteiger partial charge in [0.2, 0.25) is 5.95 Å². The van der Waals surface area contributed by atoms with Gasteiger partial charge >= 0.3 is 0 Å². The quantitative estimate of drug-likeness (QED) is 0.351. The Morgan fingerprint density at radius 1 is 1.17 bits per heavy atom. The van der Waals surface area contributed by atoms with Crippen molar-refractivity contribution in [1.82, 2.24) is 34.1 Å². The lowest BCUT2D eigenvalue weighted by Crippen LogP contribution is -2.43. The number of hydrogen-bond donors (Lipinski definition) is 2. The number of nitrogens with zero attached hydrogens (tertiary/aromatic N) is 7. The van der Waals surface area contributed by atoms with E-state index >= 15 is 0 Å². The second-order valence-electron chi connectivity index (χ2n) is 11.8. The van der Waals surface area contributed by atoms with Gasteiger partial charge in [0.25, 0.3) is 5.56 Å². The SMILES string of the molecule is C=CCn1c(=O)c2cnc(Nc3cc4c5c(c3)CN(C)CC5N(C)CC4)nc2n1-c1ccc2c(n1)C(O)(CC)CC2. The number of benzene rings is 1. The average molecular weight is 553 g/mol. The van der Waals surface area contributed by atoms with Crippen molar-refractivity contribution >= 4 is 22.7 Å². The Morgan fingerprint density at radius 3 is 2.80 bits per heavy atom. The topological polar surface area (TPSA) is 104 Å². The Kier molecular flexibility index (Phi) is 6.11. The van der Waals surface area contributed by atoms with Crippen LogP contribution in [0.15, 0.2) is 47.9 Å². The van der Waals surface area contributed by atoms with Gasteiger partial charge in [0, 0.05) is 37.6 Å². The molecule has 0 saturated heterocycles. The number of aromatic nitrogens is 5. The zero-order valence-electron chi connectivity index (χ0n) is 23.9. The Balaban J connectivity index is 1.33. The van der Waals surface area contributed by atoms with Crippen LogP contribution in [0.5, 0.6) is 0 Å². The van der Waals surface area contributed by atoms with E-state index in [0.717, 1.165) is 43.7 Å². The number of aliphatic hydroxyl groups is 1. The summed E-state index contributed by atoms with van der Waals surface area (Å²) in [4.78, 5) is 32.5. The highest BCUT2D eigenvalue weighted by Crippen LogP contribution is 2.39. The second kappa shape index (κ2) is 9.61. The monoisotopic (exact) mass is 552 g/mol. The number of aryl methyl sites for hydroxylation is 1. The van der Waals surface area contributed by atoms with Gasteiger partial charge in [-0.2, -0.15) is 4.98 Å². The summed E-state index contributed by atoms with van der Waals surface area (Å²) in [7, 11) is 4.38. The fourth-order valence-electron chi connectivity index (χ4n) is 6.91. The summed E-state index contributed by atoms with van der Waals surface area (Å²) in [6.45, 7) is 9.08. The molecule has 4 aromatic rings. The average Bonchev–Trinajstić information content (AvgIpc) is 3.44. The lowest BCUT2D eigenvalue weighted by Gasteiger charge is -2.42. The molecule has 2 aliphatic heterocycles. The molecule has 3 aliphatic rings. The first-order valence-corrected chi connectivity index (χ1v) is 14.4. The van der Waals surface area contributed by atoms with Crippen LogP contribution < -0.4 is 10.9 Å². The molecule has 5 heterocycles. The van der Waals surface area contributed by atoms with Crippen molar-refractivity contribution in [3.8, 4) is 5.82 Å².